The molecule has 19 heavy (non-hydrogen) atoms. The van der Waals surface area contributed by atoms with Gasteiger partial charge in [0.2, 0.25) is 0 Å². The van der Waals surface area contributed by atoms with Gasteiger partial charge in [-0.2, -0.15) is 0 Å². The van der Waals surface area contributed by atoms with E-state index in [1.54, 1.807) is 0 Å². The molecule has 2 rings (SSSR count). The zero-order valence-corrected chi connectivity index (χ0v) is 11.9. The number of ether oxygens (including phenoxy) is 1. The number of likely N-dealkylation sites (N-methyl/N-ethyl adjacent to an activating group) is 1. The highest BCUT2D eigenvalue weighted by atomic mass is 16.5. The molecule has 0 spiro atoms. The van der Waals surface area contributed by atoms with Crippen LogP contribution in [0.4, 0.5) is 0 Å². The van der Waals surface area contributed by atoms with Crippen LogP contribution in [0, 0.1) is 6.92 Å². The molecule has 0 saturated carbocycles. The normalized spacial score (nSPS) is 22.4. The minimum Gasteiger partial charge on any atom is -0.374 e. The first-order valence-electron chi connectivity index (χ1n) is 7.08. The lowest BCUT2D eigenvalue weighted by molar-refractivity contribution is -0.0447. The molecule has 0 amide bonds. The number of nitrogens with zero attached hydrogens (tertiary/aromatic N) is 1. The van der Waals surface area contributed by atoms with Crippen LogP contribution in [-0.2, 0) is 11.2 Å². The van der Waals surface area contributed by atoms with E-state index in [-0.39, 0.29) is 12.1 Å². The van der Waals surface area contributed by atoms with Crippen molar-refractivity contribution in [1.29, 1.82) is 0 Å². The Morgan fingerprint density at radius 1 is 1.42 bits per heavy atom. The summed E-state index contributed by atoms with van der Waals surface area (Å²) >= 11 is 0. The summed E-state index contributed by atoms with van der Waals surface area (Å²) < 4.78 is 5.87. The molecule has 0 radical (unpaired) electrons. The Morgan fingerprint density at radius 2 is 2.16 bits per heavy atom. The van der Waals surface area contributed by atoms with Crippen LogP contribution in [0.15, 0.2) is 24.3 Å². The highest BCUT2D eigenvalue weighted by Crippen LogP contribution is 2.13. The van der Waals surface area contributed by atoms with Crippen LogP contribution in [0.1, 0.15) is 18.1 Å². The number of nitrogens with one attached hydrogen (secondary N) is 1. The molecule has 3 N–H and O–H groups in total. The second-order valence-corrected chi connectivity index (χ2v) is 5.27. The molecule has 1 fully saturated rings. The van der Waals surface area contributed by atoms with Crippen molar-refractivity contribution in [1.82, 2.24) is 10.3 Å². The molecule has 2 unspecified atom stereocenters. The molecule has 1 heterocycles. The quantitative estimate of drug-likeness (QED) is 0.617. The van der Waals surface area contributed by atoms with Crippen LogP contribution < -0.4 is 11.3 Å². The number of hydrogen-bond acceptors (Lipinski definition) is 4. The van der Waals surface area contributed by atoms with Crippen LogP contribution in [0.25, 0.3) is 0 Å². The lowest BCUT2D eigenvalue weighted by Crippen LogP contribution is -2.54. The third kappa shape index (κ3) is 4.01. The summed E-state index contributed by atoms with van der Waals surface area (Å²) in [4.78, 5) is 2.41. The van der Waals surface area contributed by atoms with Gasteiger partial charge < -0.3 is 4.74 Å². The molecule has 0 aromatic heterocycles. The van der Waals surface area contributed by atoms with Crippen LogP contribution in [0.3, 0.4) is 0 Å². The first-order chi connectivity index (χ1) is 9.22. The van der Waals surface area contributed by atoms with Gasteiger partial charge in [0, 0.05) is 13.1 Å². The molecule has 0 aliphatic carbocycles. The van der Waals surface area contributed by atoms with E-state index in [1.165, 1.54) is 11.1 Å². The van der Waals surface area contributed by atoms with Crippen molar-refractivity contribution in [3.05, 3.63) is 35.4 Å². The summed E-state index contributed by atoms with van der Waals surface area (Å²) in [5.41, 5.74) is 5.51. The summed E-state index contributed by atoms with van der Waals surface area (Å²) in [7, 11) is 0. The fourth-order valence-electron chi connectivity index (χ4n) is 2.54. The van der Waals surface area contributed by atoms with Crippen molar-refractivity contribution < 1.29 is 4.74 Å². The van der Waals surface area contributed by atoms with E-state index in [9.17, 15) is 0 Å². The maximum atomic E-state index is 5.87. The number of aryl methyl sites for hydroxylation is 1. The Labute approximate surface area is 115 Å². The van der Waals surface area contributed by atoms with Crippen LogP contribution >= 0.6 is 0 Å². The van der Waals surface area contributed by atoms with E-state index in [0.29, 0.717) is 0 Å². The maximum Gasteiger partial charge on any atom is 0.0871 e. The zero-order chi connectivity index (χ0) is 13.7. The summed E-state index contributed by atoms with van der Waals surface area (Å²) in [5.74, 6) is 5.72. The molecule has 2 atom stereocenters. The number of morpholine rings is 1. The molecular weight excluding hydrogens is 238 g/mol. The van der Waals surface area contributed by atoms with Gasteiger partial charge in [0.15, 0.2) is 0 Å². The summed E-state index contributed by atoms with van der Waals surface area (Å²) in [6, 6.07) is 8.78. The molecule has 1 aliphatic heterocycles. The third-order valence-corrected chi connectivity index (χ3v) is 3.86. The van der Waals surface area contributed by atoms with Crippen molar-refractivity contribution in [2.24, 2.45) is 5.84 Å². The Bertz CT molecular complexity index is 379. The number of benzene rings is 1. The number of hydrazine groups is 1. The number of nitrogens with two attached hydrogens (primary N) is 1. The van der Waals surface area contributed by atoms with Crippen molar-refractivity contribution in [2.45, 2.75) is 32.4 Å². The monoisotopic (exact) mass is 263 g/mol. The van der Waals surface area contributed by atoms with E-state index in [2.05, 4.69) is 48.4 Å². The maximum absolute atomic E-state index is 5.87. The Hall–Kier alpha value is -0.940. The van der Waals surface area contributed by atoms with Gasteiger partial charge in [-0.3, -0.25) is 16.2 Å². The summed E-state index contributed by atoms with van der Waals surface area (Å²) in [5, 5.41) is 0. The van der Waals surface area contributed by atoms with Gasteiger partial charge in [-0.25, -0.2) is 0 Å². The average molecular weight is 263 g/mol. The molecule has 106 valence electrons. The van der Waals surface area contributed by atoms with Crippen molar-refractivity contribution in [2.75, 3.05) is 26.2 Å². The largest absolute Gasteiger partial charge is 0.374 e. The summed E-state index contributed by atoms with van der Waals surface area (Å²) in [6.07, 6.45) is 1.07. The van der Waals surface area contributed by atoms with E-state index >= 15 is 0 Å². The van der Waals surface area contributed by atoms with Crippen molar-refractivity contribution in [3.63, 3.8) is 0 Å². The van der Waals surface area contributed by atoms with E-state index in [4.69, 9.17) is 10.6 Å². The average Bonchev–Trinajstić information content (AvgIpc) is 2.46. The first-order valence-corrected chi connectivity index (χ1v) is 7.08. The van der Waals surface area contributed by atoms with Gasteiger partial charge in [0.25, 0.3) is 0 Å². The molecule has 0 bridgehead atoms. The highest BCUT2D eigenvalue weighted by molar-refractivity contribution is 5.22. The fourth-order valence-corrected chi connectivity index (χ4v) is 2.54. The van der Waals surface area contributed by atoms with Crippen LogP contribution in [-0.4, -0.2) is 43.3 Å². The second kappa shape index (κ2) is 7.01. The zero-order valence-electron chi connectivity index (χ0n) is 11.9. The molecule has 4 nitrogen and oxygen atoms in total. The van der Waals surface area contributed by atoms with Gasteiger partial charge in [0.05, 0.1) is 18.8 Å². The molecule has 1 saturated heterocycles. The Morgan fingerprint density at radius 3 is 2.79 bits per heavy atom. The van der Waals surface area contributed by atoms with Crippen LogP contribution in [0.5, 0.6) is 0 Å². The minimum atomic E-state index is 0.164. The highest BCUT2D eigenvalue weighted by Gasteiger charge is 2.26. The molecule has 1 aromatic carbocycles. The van der Waals surface area contributed by atoms with Crippen LogP contribution in [0.2, 0.25) is 0 Å². The lowest BCUT2D eigenvalue weighted by atomic mass is 10.00. The SMILES string of the molecule is CCN1CCOC(C(Cc2ccc(C)cc2)NN)C1. The van der Waals surface area contributed by atoms with Gasteiger partial charge in [0.1, 0.15) is 0 Å². The lowest BCUT2D eigenvalue weighted by Gasteiger charge is -2.36. The fraction of sp³-hybridized carbons (Fsp3) is 0.600. The predicted molar refractivity (Wildman–Crippen MR) is 77.8 cm³/mol. The smallest absolute Gasteiger partial charge is 0.0871 e. The van der Waals surface area contributed by atoms with Gasteiger partial charge in [-0.05, 0) is 25.5 Å². The second-order valence-electron chi connectivity index (χ2n) is 5.27. The minimum absolute atomic E-state index is 0.164. The first kappa shape index (κ1) is 14.5. The third-order valence-electron chi connectivity index (χ3n) is 3.86. The topological polar surface area (TPSA) is 50.5 Å². The van der Waals surface area contributed by atoms with E-state index in [0.717, 1.165) is 32.7 Å². The molecular formula is C15H25N3O. The van der Waals surface area contributed by atoms with Crippen molar-refractivity contribution >= 4 is 0 Å². The molecule has 4 heteroatoms. The van der Waals surface area contributed by atoms with Gasteiger partial charge in [-0.15, -0.1) is 0 Å². The summed E-state index contributed by atoms with van der Waals surface area (Å²) in [6.45, 7) is 8.14. The number of hydrogen-bond donors (Lipinski definition) is 2. The van der Waals surface area contributed by atoms with Gasteiger partial charge >= 0.3 is 0 Å². The predicted octanol–water partition coefficient (Wildman–Crippen LogP) is 1.09. The van der Waals surface area contributed by atoms with E-state index in [1.807, 2.05) is 0 Å². The van der Waals surface area contributed by atoms with Crippen molar-refractivity contribution in [3.8, 4) is 0 Å². The standard InChI is InChI=1S/C15H25N3O/c1-3-18-8-9-19-15(11-18)14(17-16)10-13-6-4-12(2)5-7-13/h4-7,14-15,17H,3,8-11,16H2,1-2H3. The number of rotatable bonds is 5. The van der Waals surface area contributed by atoms with Gasteiger partial charge in [-0.1, -0.05) is 36.8 Å². The molecule has 1 aliphatic rings. The van der Waals surface area contributed by atoms with E-state index < -0.39 is 0 Å². The Balaban J connectivity index is 1.97. The molecule has 1 aromatic rings. The Kier molecular flexibility index (Phi) is 5.34.